The van der Waals surface area contributed by atoms with E-state index >= 15 is 0 Å². The predicted octanol–water partition coefficient (Wildman–Crippen LogP) is 8.37. The second kappa shape index (κ2) is 6.63. The van der Waals surface area contributed by atoms with E-state index in [2.05, 4.69) is 103 Å². The first-order chi connectivity index (χ1) is 15.9. The largest absolute Gasteiger partial charge is 0.256 e. The third-order valence-corrected chi connectivity index (χ3v) is 6.69. The minimum atomic E-state index is 1.05. The molecular weight excluding hydrogens is 386 g/mol. The lowest BCUT2D eigenvalue weighted by Crippen LogP contribution is -1.90. The number of rotatable bonds is 2. The number of benzene rings is 5. The van der Waals surface area contributed by atoms with Crippen molar-refractivity contribution in [1.82, 2.24) is 4.98 Å². The summed E-state index contributed by atoms with van der Waals surface area (Å²) in [5, 5.41) is 3.82. The van der Waals surface area contributed by atoms with Gasteiger partial charge in [-0.15, -0.1) is 0 Å². The van der Waals surface area contributed by atoms with Gasteiger partial charge in [0.25, 0.3) is 0 Å². The van der Waals surface area contributed by atoms with Gasteiger partial charge in [-0.3, -0.25) is 4.98 Å². The maximum absolute atomic E-state index is 4.85. The van der Waals surface area contributed by atoms with Gasteiger partial charge in [0.1, 0.15) is 0 Å². The van der Waals surface area contributed by atoms with Crippen molar-refractivity contribution < 1.29 is 0 Å². The van der Waals surface area contributed by atoms with Gasteiger partial charge >= 0.3 is 0 Å². The minimum Gasteiger partial charge on any atom is -0.256 e. The van der Waals surface area contributed by atoms with E-state index in [-0.39, 0.29) is 0 Å². The molecule has 0 spiro atoms. The summed E-state index contributed by atoms with van der Waals surface area (Å²) in [6.07, 6.45) is 1.90. The van der Waals surface area contributed by atoms with Crippen molar-refractivity contribution in [1.29, 1.82) is 0 Å². The molecule has 0 saturated heterocycles. The quantitative estimate of drug-likeness (QED) is 0.281. The van der Waals surface area contributed by atoms with Gasteiger partial charge < -0.3 is 0 Å². The lowest BCUT2D eigenvalue weighted by molar-refractivity contribution is 1.41. The first-order valence-corrected chi connectivity index (χ1v) is 11.0. The van der Waals surface area contributed by atoms with Crippen LogP contribution in [0.25, 0.3) is 66.2 Å². The Kier molecular flexibility index (Phi) is 3.62. The molecule has 5 aromatic carbocycles. The summed E-state index contributed by atoms with van der Waals surface area (Å²) < 4.78 is 0. The molecule has 0 bridgehead atoms. The molecule has 7 rings (SSSR count). The first-order valence-electron chi connectivity index (χ1n) is 11.0. The maximum Gasteiger partial charge on any atom is 0.0786 e. The molecule has 1 aliphatic carbocycles. The number of fused-ring (bicyclic) bond motifs is 4. The van der Waals surface area contributed by atoms with Crippen molar-refractivity contribution in [2.45, 2.75) is 0 Å². The molecule has 0 aliphatic heterocycles. The van der Waals surface area contributed by atoms with Crippen LogP contribution in [0, 0.1) is 0 Å². The summed E-state index contributed by atoms with van der Waals surface area (Å²) >= 11 is 0. The van der Waals surface area contributed by atoms with Gasteiger partial charge in [0.05, 0.1) is 5.52 Å². The molecule has 0 saturated carbocycles. The van der Waals surface area contributed by atoms with E-state index in [9.17, 15) is 0 Å². The fraction of sp³-hybridized carbons (Fsp3) is 0. The van der Waals surface area contributed by atoms with Gasteiger partial charge in [0.15, 0.2) is 0 Å². The van der Waals surface area contributed by atoms with E-state index in [0.717, 1.165) is 5.52 Å². The standard InChI is InChI=1S/C31H19N/c1-2-8-20(9-3-1)21-15-18-29(31-28(21)14-7-19-32-31)24-16-17-27-23-11-5-4-10-22(23)25-12-6-13-26(24)30(25)27/h1-19H. The average Bonchev–Trinajstić information content (AvgIpc) is 3.20. The topological polar surface area (TPSA) is 12.9 Å². The Bertz CT molecular complexity index is 1630. The minimum absolute atomic E-state index is 1.05. The molecule has 1 nitrogen and oxygen atoms in total. The van der Waals surface area contributed by atoms with E-state index < -0.39 is 0 Å². The monoisotopic (exact) mass is 405 g/mol. The Morgan fingerprint density at radius 1 is 0.375 bits per heavy atom. The normalized spacial score (nSPS) is 11.8. The number of hydrogen-bond donors (Lipinski definition) is 0. The van der Waals surface area contributed by atoms with Gasteiger partial charge in [0.2, 0.25) is 0 Å². The van der Waals surface area contributed by atoms with Gasteiger partial charge in [-0.1, -0.05) is 103 Å². The average molecular weight is 406 g/mol. The van der Waals surface area contributed by atoms with Crippen LogP contribution in [0.1, 0.15) is 0 Å². The van der Waals surface area contributed by atoms with Gasteiger partial charge in [-0.2, -0.15) is 0 Å². The van der Waals surface area contributed by atoms with Crippen LogP contribution in [0.2, 0.25) is 0 Å². The van der Waals surface area contributed by atoms with Crippen LogP contribution in [0.15, 0.2) is 115 Å². The van der Waals surface area contributed by atoms with Crippen LogP contribution in [0.3, 0.4) is 0 Å². The highest BCUT2D eigenvalue weighted by molar-refractivity contribution is 6.20. The highest BCUT2D eigenvalue weighted by Crippen LogP contribution is 2.49. The smallest absolute Gasteiger partial charge is 0.0786 e. The van der Waals surface area contributed by atoms with Crippen molar-refractivity contribution in [3.05, 3.63) is 115 Å². The molecule has 0 fully saturated rings. The Hall–Kier alpha value is -4.23. The lowest BCUT2D eigenvalue weighted by Gasteiger charge is -2.14. The number of pyridine rings is 1. The second-order valence-electron chi connectivity index (χ2n) is 8.36. The fourth-order valence-corrected chi connectivity index (χ4v) is 5.30. The molecule has 1 aromatic heterocycles. The molecule has 1 heterocycles. The SMILES string of the molecule is c1ccc(-c2ccc(-c3ccc4c5c(cccc35)-c3ccccc3-4)c3ncccc23)cc1. The molecule has 0 radical (unpaired) electrons. The Balaban J connectivity index is 1.53. The van der Waals surface area contributed by atoms with Crippen molar-refractivity contribution >= 4 is 21.7 Å². The molecule has 0 atom stereocenters. The van der Waals surface area contributed by atoms with E-state index in [1.165, 1.54) is 60.7 Å². The van der Waals surface area contributed by atoms with Crippen LogP contribution in [0.5, 0.6) is 0 Å². The van der Waals surface area contributed by atoms with Gasteiger partial charge in [-0.25, -0.2) is 0 Å². The summed E-state index contributed by atoms with van der Waals surface area (Å²) in [6, 6.07) is 39.2. The summed E-state index contributed by atoms with van der Waals surface area (Å²) in [7, 11) is 0. The molecule has 0 N–H and O–H groups in total. The molecule has 148 valence electrons. The van der Waals surface area contributed by atoms with E-state index in [4.69, 9.17) is 4.98 Å². The zero-order valence-electron chi connectivity index (χ0n) is 17.4. The summed E-state index contributed by atoms with van der Waals surface area (Å²) in [6.45, 7) is 0. The Morgan fingerprint density at radius 2 is 1.00 bits per heavy atom. The Labute approximate surface area is 186 Å². The van der Waals surface area contributed by atoms with Crippen LogP contribution >= 0.6 is 0 Å². The maximum atomic E-state index is 4.85. The summed E-state index contributed by atoms with van der Waals surface area (Å²) in [5.74, 6) is 0. The molecule has 1 heteroatoms. The zero-order chi connectivity index (χ0) is 21.1. The number of nitrogens with zero attached hydrogens (tertiary/aromatic N) is 1. The fourth-order valence-electron chi connectivity index (χ4n) is 5.30. The number of aromatic nitrogens is 1. The molecule has 1 aliphatic rings. The van der Waals surface area contributed by atoms with Crippen molar-refractivity contribution in [2.24, 2.45) is 0 Å². The third-order valence-electron chi connectivity index (χ3n) is 6.69. The van der Waals surface area contributed by atoms with Crippen LogP contribution in [0.4, 0.5) is 0 Å². The highest BCUT2D eigenvalue weighted by Gasteiger charge is 2.22. The van der Waals surface area contributed by atoms with E-state index in [1.807, 2.05) is 12.3 Å². The molecule has 0 amide bonds. The van der Waals surface area contributed by atoms with Crippen LogP contribution in [-0.4, -0.2) is 4.98 Å². The number of hydrogen-bond acceptors (Lipinski definition) is 1. The molecular formula is C31H19N. The lowest BCUT2D eigenvalue weighted by atomic mass is 9.91. The predicted molar refractivity (Wildman–Crippen MR) is 135 cm³/mol. The van der Waals surface area contributed by atoms with Crippen LogP contribution in [-0.2, 0) is 0 Å². The second-order valence-corrected chi connectivity index (χ2v) is 8.36. The van der Waals surface area contributed by atoms with Crippen LogP contribution < -0.4 is 0 Å². The summed E-state index contributed by atoms with van der Waals surface area (Å²) in [5.41, 5.74) is 11.2. The molecule has 6 aromatic rings. The van der Waals surface area contributed by atoms with Gasteiger partial charge in [-0.05, 0) is 55.8 Å². The first kappa shape index (κ1) is 17.5. The van der Waals surface area contributed by atoms with Crippen molar-refractivity contribution in [2.75, 3.05) is 0 Å². The molecule has 32 heavy (non-hydrogen) atoms. The van der Waals surface area contributed by atoms with Crippen molar-refractivity contribution in [3.8, 4) is 44.5 Å². The Morgan fingerprint density at radius 3 is 1.84 bits per heavy atom. The summed E-state index contributed by atoms with van der Waals surface area (Å²) in [4.78, 5) is 4.85. The van der Waals surface area contributed by atoms with E-state index in [1.54, 1.807) is 0 Å². The highest BCUT2D eigenvalue weighted by atomic mass is 14.7. The molecule has 0 unspecified atom stereocenters. The van der Waals surface area contributed by atoms with Crippen molar-refractivity contribution in [3.63, 3.8) is 0 Å². The zero-order valence-corrected chi connectivity index (χ0v) is 17.4. The van der Waals surface area contributed by atoms with Gasteiger partial charge in [0, 0.05) is 17.1 Å². The third kappa shape index (κ3) is 2.36. The van der Waals surface area contributed by atoms with E-state index in [0.29, 0.717) is 0 Å².